The number of benzene rings is 2. The maximum atomic E-state index is 5.99. The van der Waals surface area contributed by atoms with Crippen LogP contribution in [0.25, 0.3) is 10.8 Å². The summed E-state index contributed by atoms with van der Waals surface area (Å²) in [6.07, 6.45) is 0.861. The van der Waals surface area contributed by atoms with Crippen LogP contribution in [0.5, 0.6) is 0 Å². The van der Waals surface area contributed by atoms with E-state index in [0.717, 1.165) is 12.0 Å². The van der Waals surface area contributed by atoms with E-state index >= 15 is 0 Å². The molecular formula is C15H17N. The zero-order valence-electron chi connectivity index (χ0n) is 9.61. The van der Waals surface area contributed by atoms with Crippen molar-refractivity contribution in [1.82, 2.24) is 0 Å². The highest BCUT2D eigenvalue weighted by Crippen LogP contribution is 2.17. The van der Waals surface area contributed by atoms with E-state index < -0.39 is 0 Å². The van der Waals surface area contributed by atoms with E-state index in [0.29, 0.717) is 0 Å². The fourth-order valence-electron chi connectivity index (χ4n) is 1.79. The Kier molecular flexibility index (Phi) is 3.07. The minimum Gasteiger partial charge on any atom is -0.324 e. The van der Waals surface area contributed by atoms with Gasteiger partial charge in [0, 0.05) is 6.04 Å². The third-order valence-corrected chi connectivity index (χ3v) is 2.90. The van der Waals surface area contributed by atoms with Gasteiger partial charge >= 0.3 is 0 Å². The molecule has 0 amide bonds. The van der Waals surface area contributed by atoms with Gasteiger partial charge in [-0.15, -0.1) is 0 Å². The average molecular weight is 211 g/mol. The first-order chi connectivity index (χ1) is 7.66. The summed E-state index contributed by atoms with van der Waals surface area (Å²) < 4.78 is 0. The highest BCUT2D eigenvalue weighted by molar-refractivity contribution is 5.83. The van der Waals surface area contributed by atoms with Crippen LogP contribution < -0.4 is 5.73 Å². The topological polar surface area (TPSA) is 26.0 Å². The molecule has 0 radical (unpaired) electrons. The summed E-state index contributed by atoms with van der Waals surface area (Å²) in [6, 6.07) is 14.9. The van der Waals surface area contributed by atoms with E-state index in [4.69, 9.17) is 5.73 Å². The maximum Gasteiger partial charge on any atom is 0.0289 e. The average Bonchev–Trinajstić information content (AvgIpc) is 2.28. The van der Waals surface area contributed by atoms with Crippen molar-refractivity contribution in [2.45, 2.75) is 19.4 Å². The molecular weight excluding hydrogens is 194 g/mol. The third kappa shape index (κ3) is 2.31. The quantitative estimate of drug-likeness (QED) is 0.775. The van der Waals surface area contributed by atoms with Crippen molar-refractivity contribution in [2.24, 2.45) is 5.73 Å². The van der Waals surface area contributed by atoms with Crippen LogP contribution in [-0.4, -0.2) is 6.04 Å². The standard InChI is InChI=1S/C15H17N/c1-11(2)15(16)10-12-7-8-13-5-3-4-6-14(13)9-12/h3-9,15H,1,10,16H2,2H3/t15-/m1/s1. The molecule has 16 heavy (non-hydrogen) atoms. The summed E-state index contributed by atoms with van der Waals surface area (Å²) in [5, 5.41) is 2.55. The number of hydrogen-bond donors (Lipinski definition) is 1. The van der Waals surface area contributed by atoms with Gasteiger partial charge < -0.3 is 5.73 Å². The number of hydrogen-bond acceptors (Lipinski definition) is 1. The molecule has 0 spiro atoms. The number of nitrogens with two attached hydrogens (primary N) is 1. The van der Waals surface area contributed by atoms with Crippen LogP contribution in [-0.2, 0) is 6.42 Å². The molecule has 1 heteroatoms. The monoisotopic (exact) mass is 211 g/mol. The van der Waals surface area contributed by atoms with Gasteiger partial charge in [-0.25, -0.2) is 0 Å². The molecule has 1 nitrogen and oxygen atoms in total. The lowest BCUT2D eigenvalue weighted by molar-refractivity contribution is 0.767. The largest absolute Gasteiger partial charge is 0.324 e. The van der Waals surface area contributed by atoms with Crippen molar-refractivity contribution in [1.29, 1.82) is 0 Å². The van der Waals surface area contributed by atoms with Crippen molar-refractivity contribution < 1.29 is 0 Å². The molecule has 0 aliphatic carbocycles. The van der Waals surface area contributed by atoms with Gasteiger partial charge in [0.2, 0.25) is 0 Å². The van der Waals surface area contributed by atoms with Gasteiger partial charge in [0.05, 0.1) is 0 Å². The minimum atomic E-state index is 0.0566. The maximum absolute atomic E-state index is 5.99. The zero-order valence-corrected chi connectivity index (χ0v) is 9.61. The number of fused-ring (bicyclic) bond motifs is 1. The summed E-state index contributed by atoms with van der Waals surface area (Å²) >= 11 is 0. The lowest BCUT2D eigenvalue weighted by atomic mass is 9.99. The van der Waals surface area contributed by atoms with E-state index in [1.54, 1.807) is 0 Å². The lowest BCUT2D eigenvalue weighted by Crippen LogP contribution is -2.23. The van der Waals surface area contributed by atoms with Gasteiger partial charge in [-0.05, 0) is 29.7 Å². The molecule has 2 N–H and O–H groups in total. The summed E-state index contributed by atoms with van der Waals surface area (Å²) in [7, 11) is 0. The first-order valence-electron chi connectivity index (χ1n) is 5.55. The molecule has 0 heterocycles. The van der Waals surface area contributed by atoms with Gasteiger partial charge in [0.1, 0.15) is 0 Å². The van der Waals surface area contributed by atoms with Crippen molar-refractivity contribution in [3.63, 3.8) is 0 Å². The molecule has 0 saturated heterocycles. The van der Waals surface area contributed by atoms with Crippen LogP contribution in [0.2, 0.25) is 0 Å². The minimum absolute atomic E-state index is 0.0566. The summed E-state index contributed by atoms with van der Waals surface area (Å²) in [5.41, 5.74) is 8.30. The molecule has 0 aromatic heterocycles. The molecule has 1 atom stereocenters. The van der Waals surface area contributed by atoms with E-state index in [2.05, 4.69) is 49.0 Å². The molecule has 0 unspecified atom stereocenters. The summed E-state index contributed by atoms with van der Waals surface area (Å²) in [6.45, 7) is 5.87. The van der Waals surface area contributed by atoms with Gasteiger partial charge in [-0.2, -0.15) is 0 Å². The van der Waals surface area contributed by atoms with Crippen LogP contribution in [0.15, 0.2) is 54.6 Å². The van der Waals surface area contributed by atoms with E-state index in [-0.39, 0.29) is 6.04 Å². The highest BCUT2D eigenvalue weighted by atomic mass is 14.6. The Morgan fingerprint density at radius 3 is 2.56 bits per heavy atom. The molecule has 2 aromatic carbocycles. The van der Waals surface area contributed by atoms with Crippen molar-refractivity contribution in [3.8, 4) is 0 Å². The second-order valence-electron chi connectivity index (χ2n) is 4.34. The second-order valence-corrected chi connectivity index (χ2v) is 4.34. The second kappa shape index (κ2) is 4.50. The first-order valence-corrected chi connectivity index (χ1v) is 5.55. The van der Waals surface area contributed by atoms with Gasteiger partial charge in [-0.1, -0.05) is 54.6 Å². The van der Waals surface area contributed by atoms with Crippen LogP contribution >= 0.6 is 0 Å². The number of rotatable bonds is 3. The van der Waals surface area contributed by atoms with Crippen LogP contribution in [0.4, 0.5) is 0 Å². The molecule has 0 bridgehead atoms. The van der Waals surface area contributed by atoms with Gasteiger partial charge in [-0.3, -0.25) is 0 Å². The summed E-state index contributed by atoms with van der Waals surface area (Å²) in [4.78, 5) is 0. The Morgan fingerprint density at radius 2 is 1.88 bits per heavy atom. The lowest BCUT2D eigenvalue weighted by Gasteiger charge is -2.11. The van der Waals surface area contributed by atoms with Gasteiger partial charge in [0.25, 0.3) is 0 Å². The molecule has 2 rings (SSSR count). The van der Waals surface area contributed by atoms with Crippen molar-refractivity contribution in [3.05, 3.63) is 60.2 Å². The normalized spacial score (nSPS) is 12.6. The Balaban J connectivity index is 2.29. The molecule has 0 saturated carbocycles. The molecule has 0 aliphatic rings. The zero-order chi connectivity index (χ0) is 11.5. The molecule has 82 valence electrons. The SMILES string of the molecule is C=C(C)[C@H](N)Cc1ccc2ccccc2c1. The Labute approximate surface area is 96.6 Å². The Bertz CT molecular complexity index is 514. The van der Waals surface area contributed by atoms with Crippen LogP contribution in [0.3, 0.4) is 0 Å². The van der Waals surface area contributed by atoms with Crippen LogP contribution in [0.1, 0.15) is 12.5 Å². The third-order valence-electron chi connectivity index (χ3n) is 2.90. The van der Waals surface area contributed by atoms with Gasteiger partial charge in [0.15, 0.2) is 0 Å². The molecule has 0 aliphatic heterocycles. The predicted molar refractivity (Wildman–Crippen MR) is 70.4 cm³/mol. The fraction of sp³-hybridized carbons (Fsp3) is 0.200. The van der Waals surface area contributed by atoms with E-state index in [9.17, 15) is 0 Å². The summed E-state index contributed by atoms with van der Waals surface area (Å²) in [5.74, 6) is 0. The fourth-order valence-corrected chi connectivity index (χ4v) is 1.79. The van der Waals surface area contributed by atoms with Crippen molar-refractivity contribution >= 4 is 10.8 Å². The molecule has 2 aromatic rings. The first kappa shape index (κ1) is 10.9. The predicted octanol–water partition coefficient (Wildman–Crippen LogP) is 3.29. The Morgan fingerprint density at radius 1 is 1.19 bits per heavy atom. The van der Waals surface area contributed by atoms with E-state index in [1.807, 2.05) is 6.92 Å². The van der Waals surface area contributed by atoms with E-state index in [1.165, 1.54) is 16.3 Å². The van der Waals surface area contributed by atoms with Crippen molar-refractivity contribution in [2.75, 3.05) is 0 Å². The molecule has 0 fully saturated rings. The Hall–Kier alpha value is -1.60. The highest BCUT2D eigenvalue weighted by Gasteiger charge is 2.04. The van der Waals surface area contributed by atoms with Crippen LogP contribution in [0, 0.1) is 0 Å². The smallest absolute Gasteiger partial charge is 0.0289 e.